The van der Waals surface area contributed by atoms with E-state index in [1.54, 1.807) is 6.92 Å². The van der Waals surface area contributed by atoms with Crippen LogP contribution in [-0.4, -0.2) is 32.7 Å². The van der Waals surface area contributed by atoms with Gasteiger partial charge >= 0.3 is 0 Å². The van der Waals surface area contributed by atoms with Crippen molar-refractivity contribution in [3.63, 3.8) is 0 Å². The third kappa shape index (κ3) is 4.07. The molecule has 0 saturated carbocycles. The average Bonchev–Trinajstić information content (AvgIpc) is 3.30. The van der Waals surface area contributed by atoms with Crippen molar-refractivity contribution >= 4 is 5.91 Å². The van der Waals surface area contributed by atoms with E-state index in [1.165, 1.54) is 17.6 Å². The first kappa shape index (κ1) is 16.4. The van der Waals surface area contributed by atoms with E-state index in [2.05, 4.69) is 32.9 Å². The molecule has 0 saturated heterocycles. The highest BCUT2D eigenvalue weighted by molar-refractivity contribution is 5.79. The van der Waals surface area contributed by atoms with Crippen molar-refractivity contribution in [2.45, 2.75) is 38.6 Å². The molecule has 1 aliphatic carbocycles. The SMILES string of the molecule is CC(C(=O)NCCCC1C=CCC1)n1nnc(-c2ccccc2)n1. The molecular weight excluding hydrogens is 302 g/mol. The van der Waals surface area contributed by atoms with E-state index >= 15 is 0 Å². The molecule has 1 aliphatic rings. The lowest BCUT2D eigenvalue weighted by Crippen LogP contribution is -2.32. The number of amides is 1. The van der Waals surface area contributed by atoms with Crippen molar-refractivity contribution < 1.29 is 4.79 Å². The van der Waals surface area contributed by atoms with Gasteiger partial charge in [0, 0.05) is 12.1 Å². The van der Waals surface area contributed by atoms with Crippen LogP contribution < -0.4 is 5.32 Å². The van der Waals surface area contributed by atoms with Crippen molar-refractivity contribution in [2.24, 2.45) is 5.92 Å². The van der Waals surface area contributed by atoms with Gasteiger partial charge in [-0.1, -0.05) is 42.5 Å². The summed E-state index contributed by atoms with van der Waals surface area (Å²) in [5, 5.41) is 15.3. The minimum Gasteiger partial charge on any atom is -0.354 e. The topological polar surface area (TPSA) is 72.7 Å². The second-order valence-corrected chi connectivity index (χ2v) is 6.17. The van der Waals surface area contributed by atoms with Crippen LogP contribution in [0.1, 0.15) is 38.6 Å². The largest absolute Gasteiger partial charge is 0.354 e. The Bertz CT molecular complexity index is 694. The van der Waals surface area contributed by atoms with Crippen LogP contribution in [0.2, 0.25) is 0 Å². The molecule has 126 valence electrons. The third-order valence-corrected chi connectivity index (χ3v) is 4.35. The Morgan fingerprint density at radius 1 is 1.38 bits per heavy atom. The monoisotopic (exact) mass is 325 g/mol. The first-order valence-corrected chi connectivity index (χ1v) is 8.53. The fraction of sp³-hybridized carbons (Fsp3) is 0.444. The number of rotatable bonds is 7. The third-order valence-electron chi connectivity index (χ3n) is 4.35. The smallest absolute Gasteiger partial charge is 0.246 e. The Labute approximate surface area is 142 Å². The zero-order valence-corrected chi connectivity index (χ0v) is 13.9. The molecule has 0 aliphatic heterocycles. The maximum Gasteiger partial charge on any atom is 0.246 e. The Morgan fingerprint density at radius 3 is 2.96 bits per heavy atom. The highest BCUT2D eigenvalue weighted by atomic mass is 16.2. The highest BCUT2D eigenvalue weighted by Crippen LogP contribution is 2.21. The lowest BCUT2D eigenvalue weighted by molar-refractivity contribution is -0.124. The molecule has 1 amide bonds. The second kappa shape index (κ2) is 7.86. The quantitative estimate of drug-likeness (QED) is 0.627. The minimum atomic E-state index is -0.471. The minimum absolute atomic E-state index is 0.0750. The molecule has 0 bridgehead atoms. The number of nitrogens with one attached hydrogen (secondary N) is 1. The Morgan fingerprint density at radius 2 is 2.21 bits per heavy atom. The maximum absolute atomic E-state index is 12.2. The molecule has 1 aromatic carbocycles. The first-order valence-electron chi connectivity index (χ1n) is 8.53. The van der Waals surface area contributed by atoms with Gasteiger partial charge in [0.25, 0.3) is 0 Å². The molecule has 2 atom stereocenters. The van der Waals surface area contributed by atoms with Gasteiger partial charge in [0.2, 0.25) is 11.7 Å². The molecule has 6 nitrogen and oxygen atoms in total. The number of benzene rings is 1. The fourth-order valence-electron chi connectivity index (χ4n) is 2.86. The van der Waals surface area contributed by atoms with Crippen molar-refractivity contribution in [1.29, 1.82) is 0 Å². The van der Waals surface area contributed by atoms with Crippen molar-refractivity contribution in [3.8, 4) is 11.4 Å². The number of hydrogen-bond acceptors (Lipinski definition) is 4. The fourth-order valence-corrected chi connectivity index (χ4v) is 2.86. The number of allylic oxidation sites excluding steroid dienone is 2. The second-order valence-electron chi connectivity index (χ2n) is 6.17. The van der Waals surface area contributed by atoms with E-state index in [9.17, 15) is 4.79 Å². The molecule has 0 spiro atoms. The molecule has 24 heavy (non-hydrogen) atoms. The van der Waals surface area contributed by atoms with Crippen LogP contribution in [-0.2, 0) is 4.79 Å². The van der Waals surface area contributed by atoms with Crippen LogP contribution in [0.4, 0.5) is 0 Å². The number of carbonyl (C=O) groups is 1. The summed E-state index contributed by atoms with van der Waals surface area (Å²) in [6.45, 7) is 2.47. The lowest BCUT2D eigenvalue weighted by atomic mass is 10.0. The van der Waals surface area contributed by atoms with E-state index in [-0.39, 0.29) is 5.91 Å². The summed E-state index contributed by atoms with van der Waals surface area (Å²) in [5.41, 5.74) is 0.890. The van der Waals surface area contributed by atoms with Gasteiger partial charge in [-0.2, -0.15) is 4.80 Å². The first-order chi connectivity index (χ1) is 11.7. The molecule has 2 unspecified atom stereocenters. The average molecular weight is 325 g/mol. The van der Waals surface area contributed by atoms with Gasteiger partial charge in [-0.25, -0.2) is 0 Å². The Hall–Kier alpha value is -2.50. The summed E-state index contributed by atoms with van der Waals surface area (Å²) in [6.07, 6.45) is 9.09. The number of aromatic nitrogens is 4. The summed E-state index contributed by atoms with van der Waals surface area (Å²) in [7, 11) is 0. The van der Waals surface area contributed by atoms with E-state index in [4.69, 9.17) is 0 Å². The zero-order chi connectivity index (χ0) is 16.8. The number of nitrogens with zero attached hydrogens (tertiary/aromatic N) is 4. The molecule has 0 fully saturated rings. The van der Waals surface area contributed by atoms with Gasteiger partial charge in [0.15, 0.2) is 0 Å². The summed E-state index contributed by atoms with van der Waals surface area (Å²) in [5.74, 6) is 1.14. The van der Waals surface area contributed by atoms with Gasteiger partial charge < -0.3 is 5.32 Å². The van der Waals surface area contributed by atoms with Crippen LogP contribution >= 0.6 is 0 Å². The molecule has 1 N–H and O–H groups in total. The number of tetrazole rings is 1. The van der Waals surface area contributed by atoms with E-state index in [0.717, 1.165) is 18.4 Å². The van der Waals surface area contributed by atoms with Gasteiger partial charge in [-0.15, -0.1) is 10.2 Å². The van der Waals surface area contributed by atoms with Gasteiger partial charge in [-0.05, 0) is 43.7 Å². The van der Waals surface area contributed by atoms with Gasteiger partial charge in [0.05, 0.1) is 0 Å². The summed E-state index contributed by atoms with van der Waals surface area (Å²) < 4.78 is 0. The Balaban J connectivity index is 1.48. The number of carbonyl (C=O) groups excluding carboxylic acids is 1. The molecule has 1 aromatic heterocycles. The van der Waals surface area contributed by atoms with Crippen molar-refractivity contribution in [3.05, 3.63) is 42.5 Å². The predicted octanol–water partition coefficient (Wildman–Crippen LogP) is 2.76. The standard InChI is InChI=1S/C18H23N5O/c1-14(18(24)19-13-7-10-15-8-5-6-9-15)23-21-17(20-22-23)16-11-3-2-4-12-16/h2-5,8,11-12,14-15H,6-7,9-10,13H2,1H3,(H,19,24). The maximum atomic E-state index is 12.2. The van der Waals surface area contributed by atoms with Gasteiger partial charge in [-0.3, -0.25) is 4.79 Å². The number of hydrogen-bond donors (Lipinski definition) is 1. The normalized spacial score (nSPS) is 17.8. The predicted molar refractivity (Wildman–Crippen MR) is 92.1 cm³/mol. The molecule has 1 heterocycles. The van der Waals surface area contributed by atoms with Crippen LogP contribution in [0.25, 0.3) is 11.4 Å². The zero-order valence-electron chi connectivity index (χ0n) is 13.9. The molecule has 6 heteroatoms. The Kier molecular flexibility index (Phi) is 5.36. The van der Waals surface area contributed by atoms with Crippen LogP contribution in [0, 0.1) is 5.92 Å². The summed E-state index contributed by atoms with van der Waals surface area (Å²) in [4.78, 5) is 13.6. The van der Waals surface area contributed by atoms with Crippen LogP contribution in [0.15, 0.2) is 42.5 Å². The summed E-state index contributed by atoms with van der Waals surface area (Å²) >= 11 is 0. The molecule has 2 aromatic rings. The molecule has 0 radical (unpaired) electrons. The lowest BCUT2D eigenvalue weighted by Gasteiger charge is -2.12. The summed E-state index contributed by atoms with van der Waals surface area (Å²) in [6, 6.07) is 9.15. The molecular formula is C18H23N5O. The van der Waals surface area contributed by atoms with Crippen LogP contribution in [0.3, 0.4) is 0 Å². The van der Waals surface area contributed by atoms with Gasteiger partial charge in [0.1, 0.15) is 6.04 Å². The van der Waals surface area contributed by atoms with Crippen LogP contribution in [0.5, 0.6) is 0 Å². The van der Waals surface area contributed by atoms with E-state index < -0.39 is 6.04 Å². The van der Waals surface area contributed by atoms with E-state index in [0.29, 0.717) is 18.3 Å². The van der Waals surface area contributed by atoms with Crippen molar-refractivity contribution in [1.82, 2.24) is 25.5 Å². The molecule has 3 rings (SSSR count). The van der Waals surface area contributed by atoms with E-state index in [1.807, 2.05) is 30.3 Å². The van der Waals surface area contributed by atoms with Crippen molar-refractivity contribution in [2.75, 3.05) is 6.54 Å². The highest BCUT2D eigenvalue weighted by Gasteiger charge is 2.18.